The van der Waals surface area contributed by atoms with Crippen LogP contribution in [-0.2, 0) is 22.5 Å². The van der Waals surface area contributed by atoms with E-state index in [0.29, 0.717) is 11.6 Å². The first-order chi connectivity index (χ1) is 15.6. The lowest BCUT2D eigenvalue weighted by Gasteiger charge is -2.20. The third kappa shape index (κ3) is 4.91. The molecule has 0 fully saturated rings. The van der Waals surface area contributed by atoms with Gasteiger partial charge in [0, 0.05) is 16.1 Å². The number of aromatic nitrogens is 2. The second kappa shape index (κ2) is 10.1. The van der Waals surface area contributed by atoms with E-state index in [-0.39, 0.29) is 0 Å². The van der Waals surface area contributed by atoms with Gasteiger partial charge in [-0.05, 0) is 81.3 Å². The summed E-state index contributed by atoms with van der Waals surface area (Å²) in [5.74, 6) is 0. The molecular weight excluding hydrogens is 424 g/mol. The normalized spacial score (nSPS) is 15.1. The Hall–Kier alpha value is -2.99. The third-order valence-corrected chi connectivity index (χ3v) is 5.93. The minimum absolute atomic E-state index is 0.522. The molecule has 6 nitrogen and oxygen atoms in total. The van der Waals surface area contributed by atoms with Gasteiger partial charge in [0.15, 0.2) is 0 Å². The average Bonchev–Trinajstić information content (AvgIpc) is 2.79. The topological polar surface area (TPSA) is 69.0 Å². The molecule has 7 heteroatoms. The molecule has 2 aromatic heterocycles. The fourth-order valence-corrected chi connectivity index (χ4v) is 4.24. The van der Waals surface area contributed by atoms with E-state index in [0.717, 1.165) is 71.5 Å². The molecule has 0 radical (unpaired) electrons. The predicted molar refractivity (Wildman–Crippen MR) is 129 cm³/mol. The summed E-state index contributed by atoms with van der Waals surface area (Å²) in [4.78, 5) is 20.0. The van der Waals surface area contributed by atoms with Gasteiger partial charge >= 0.3 is 0 Å². The van der Waals surface area contributed by atoms with E-state index in [1.54, 1.807) is 0 Å². The van der Waals surface area contributed by atoms with Crippen LogP contribution in [0.25, 0.3) is 10.9 Å². The van der Waals surface area contributed by atoms with Crippen molar-refractivity contribution in [2.45, 2.75) is 46.0 Å². The standard InChI is InChI=1S/C25H27ClN4O2/c1-16-20-13-12-18(26)15-24(20)28-25-21(16)9-5-11-23(25)30-32-14-6-8-19-7-4-10-22(27-19)17(2)29-31-3/h4,7,10,12-13,15H,5-6,8-9,11,14H2,1-3H3. The molecule has 4 rings (SSSR count). The minimum Gasteiger partial charge on any atom is -0.399 e. The largest absolute Gasteiger partial charge is 0.399 e. The number of pyridine rings is 2. The Morgan fingerprint density at radius 2 is 2.03 bits per heavy atom. The summed E-state index contributed by atoms with van der Waals surface area (Å²) < 4.78 is 0. The summed E-state index contributed by atoms with van der Waals surface area (Å²) in [6.45, 7) is 4.55. The zero-order chi connectivity index (χ0) is 22.5. The number of nitrogens with zero attached hydrogens (tertiary/aromatic N) is 4. The van der Waals surface area contributed by atoms with E-state index in [9.17, 15) is 0 Å². The highest BCUT2D eigenvalue weighted by Gasteiger charge is 2.21. The molecule has 1 aliphatic rings. The van der Waals surface area contributed by atoms with E-state index in [4.69, 9.17) is 26.3 Å². The molecule has 3 aromatic rings. The van der Waals surface area contributed by atoms with Gasteiger partial charge < -0.3 is 9.68 Å². The molecule has 166 valence electrons. The Morgan fingerprint density at radius 3 is 2.88 bits per heavy atom. The molecule has 0 spiro atoms. The Kier molecular flexibility index (Phi) is 7.00. The van der Waals surface area contributed by atoms with Crippen LogP contribution in [0, 0.1) is 6.92 Å². The van der Waals surface area contributed by atoms with Crippen molar-refractivity contribution >= 4 is 33.9 Å². The fraction of sp³-hybridized carbons (Fsp3) is 0.360. The SMILES string of the molecule is CON=C(C)c1cccc(CCCON=C2CCCc3c2nc2cc(Cl)ccc2c3C)n1. The minimum atomic E-state index is 0.522. The molecule has 2 heterocycles. The van der Waals surface area contributed by atoms with E-state index < -0.39 is 0 Å². The lowest BCUT2D eigenvalue weighted by Crippen LogP contribution is -2.16. The molecule has 0 bridgehead atoms. The summed E-state index contributed by atoms with van der Waals surface area (Å²) in [5, 5.41) is 10.2. The molecule has 1 aromatic carbocycles. The van der Waals surface area contributed by atoms with Gasteiger partial charge in [0.05, 0.1) is 16.9 Å². The maximum Gasteiger partial charge on any atom is 0.117 e. The number of halogens is 1. The van der Waals surface area contributed by atoms with Crippen LogP contribution in [0.3, 0.4) is 0 Å². The van der Waals surface area contributed by atoms with E-state index >= 15 is 0 Å². The molecule has 0 aliphatic heterocycles. The van der Waals surface area contributed by atoms with Crippen molar-refractivity contribution in [2.75, 3.05) is 13.7 Å². The van der Waals surface area contributed by atoms with Crippen LogP contribution in [0.4, 0.5) is 0 Å². The van der Waals surface area contributed by atoms with Crippen LogP contribution >= 0.6 is 11.6 Å². The van der Waals surface area contributed by atoms with Crippen molar-refractivity contribution < 1.29 is 9.68 Å². The maximum absolute atomic E-state index is 6.19. The van der Waals surface area contributed by atoms with Crippen LogP contribution < -0.4 is 0 Å². The van der Waals surface area contributed by atoms with Crippen molar-refractivity contribution in [2.24, 2.45) is 10.3 Å². The lowest BCUT2D eigenvalue weighted by molar-refractivity contribution is 0.141. The molecule has 1 aliphatic carbocycles. The van der Waals surface area contributed by atoms with Gasteiger partial charge in [-0.3, -0.25) is 4.98 Å². The molecule has 0 saturated heterocycles. The monoisotopic (exact) mass is 450 g/mol. The Labute approximate surface area is 193 Å². The molecule has 32 heavy (non-hydrogen) atoms. The van der Waals surface area contributed by atoms with Crippen LogP contribution in [0.5, 0.6) is 0 Å². The van der Waals surface area contributed by atoms with E-state index in [1.807, 2.05) is 43.3 Å². The zero-order valence-corrected chi connectivity index (χ0v) is 19.4. The first-order valence-corrected chi connectivity index (χ1v) is 11.3. The molecular formula is C25H27ClN4O2. The molecule has 0 N–H and O–H groups in total. The quantitative estimate of drug-likeness (QED) is 0.265. The second-order valence-electron chi connectivity index (χ2n) is 7.93. The molecule has 0 amide bonds. The van der Waals surface area contributed by atoms with E-state index in [1.165, 1.54) is 18.2 Å². The number of fused-ring (bicyclic) bond motifs is 2. The zero-order valence-electron chi connectivity index (χ0n) is 18.7. The van der Waals surface area contributed by atoms with Gasteiger partial charge in [-0.1, -0.05) is 34.0 Å². The Morgan fingerprint density at radius 1 is 1.16 bits per heavy atom. The Balaban J connectivity index is 1.42. The highest BCUT2D eigenvalue weighted by atomic mass is 35.5. The lowest BCUT2D eigenvalue weighted by atomic mass is 9.89. The summed E-state index contributed by atoms with van der Waals surface area (Å²) in [7, 11) is 1.53. The van der Waals surface area contributed by atoms with Crippen LogP contribution in [0.2, 0.25) is 5.02 Å². The van der Waals surface area contributed by atoms with Crippen molar-refractivity contribution in [3.63, 3.8) is 0 Å². The van der Waals surface area contributed by atoms with Crippen molar-refractivity contribution in [3.05, 3.63) is 69.6 Å². The van der Waals surface area contributed by atoms with Gasteiger partial charge in [-0.2, -0.15) is 0 Å². The van der Waals surface area contributed by atoms with Crippen LogP contribution in [0.15, 0.2) is 46.7 Å². The van der Waals surface area contributed by atoms with Gasteiger partial charge in [0.25, 0.3) is 0 Å². The van der Waals surface area contributed by atoms with Crippen molar-refractivity contribution in [1.82, 2.24) is 9.97 Å². The van der Waals surface area contributed by atoms with E-state index in [2.05, 4.69) is 22.2 Å². The predicted octanol–water partition coefficient (Wildman–Crippen LogP) is 5.65. The number of hydrogen-bond acceptors (Lipinski definition) is 6. The van der Waals surface area contributed by atoms with Gasteiger partial charge in [0.2, 0.25) is 0 Å². The number of benzene rings is 1. The highest BCUT2D eigenvalue weighted by molar-refractivity contribution is 6.31. The number of aryl methyl sites for hydroxylation is 2. The summed E-state index contributed by atoms with van der Waals surface area (Å²) in [6, 6.07) is 11.8. The van der Waals surface area contributed by atoms with Crippen LogP contribution in [-0.4, -0.2) is 35.1 Å². The van der Waals surface area contributed by atoms with Gasteiger partial charge in [-0.25, -0.2) is 4.98 Å². The first-order valence-electron chi connectivity index (χ1n) is 10.9. The highest BCUT2D eigenvalue weighted by Crippen LogP contribution is 2.30. The number of hydrogen-bond donors (Lipinski definition) is 0. The van der Waals surface area contributed by atoms with Crippen molar-refractivity contribution in [3.8, 4) is 0 Å². The molecule has 0 unspecified atom stereocenters. The molecule has 0 atom stereocenters. The smallest absolute Gasteiger partial charge is 0.117 e. The summed E-state index contributed by atoms with van der Waals surface area (Å²) >= 11 is 6.19. The summed E-state index contributed by atoms with van der Waals surface area (Å²) in [5.41, 5.74) is 7.86. The second-order valence-corrected chi connectivity index (χ2v) is 8.36. The van der Waals surface area contributed by atoms with Gasteiger partial charge in [0.1, 0.15) is 25.1 Å². The fourth-order valence-electron chi connectivity index (χ4n) is 4.07. The Bertz CT molecular complexity index is 1190. The number of rotatable bonds is 7. The van der Waals surface area contributed by atoms with Gasteiger partial charge in [-0.15, -0.1) is 0 Å². The molecule has 0 saturated carbocycles. The third-order valence-electron chi connectivity index (χ3n) is 5.70. The maximum atomic E-state index is 6.19. The van der Waals surface area contributed by atoms with Crippen LogP contribution in [0.1, 0.15) is 54.4 Å². The average molecular weight is 451 g/mol. The van der Waals surface area contributed by atoms with Crippen molar-refractivity contribution in [1.29, 1.82) is 0 Å². The summed E-state index contributed by atoms with van der Waals surface area (Å²) in [6.07, 6.45) is 4.55. The first kappa shape index (κ1) is 22.2. The number of oxime groups is 2.